The van der Waals surface area contributed by atoms with Crippen molar-refractivity contribution in [1.29, 1.82) is 0 Å². The number of carboxylic acids is 1. The zero-order valence-electron chi connectivity index (χ0n) is 14.1. The standard InChI is InChI=1S/C19H18N2O5/c1-2-26-15-10-8-13(9-11-15)17(22)12-16(19(24)25)20-21-18(23)14-6-4-3-5-7-14/h3-11H,2,12H2,1H3,(H,21,23)(H,24,25). The van der Waals surface area contributed by atoms with Crippen LogP contribution in [-0.2, 0) is 4.79 Å². The van der Waals surface area contributed by atoms with Crippen molar-refractivity contribution >= 4 is 23.4 Å². The molecule has 0 fully saturated rings. The quantitative estimate of drug-likeness (QED) is 0.430. The minimum Gasteiger partial charge on any atom is -0.494 e. The van der Waals surface area contributed by atoms with E-state index in [4.69, 9.17) is 4.74 Å². The molecule has 2 N–H and O–H groups in total. The van der Waals surface area contributed by atoms with Crippen molar-refractivity contribution < 1.29 is 24.2 Å². The summed E-state index contributed by atoms with van der Waals surface area (Å²) in [5.74, 6) is -1.75. The van der Waals surface area contributed by atoms with E-state index >= 15 is 0 Å². The van der Waals surface area contributed by atoms with Gasteiger partial charge in [-0.25, -0.2) is 10.2 Å². The van der Waals surface area contributed by atoms with Gasteiger partial charge in [0.05, 0.1) is 13.0 Å². The van der Waals surface area contributed by atoms with Gasteiger partial charge >= 0.3 is 5.97 Å². The number of carboxylic acid groups (broad SMARTS) is 1. The lowest BCUT2D eigenvalue weighted by molar-refractivity contribution is -0.129. The second-order valence-corrected chi connectivity index (χ2v) is 5.23. The molecule has 7 heteroatoms. The number of nitrogens with zero attached hydrogens (tertiary/aromatic N) is 1. The smallest absolute Gasteiger partial charge is 0.352 e. The van der Waals surface area contributed by atoms with Crippen molar-refractivity contribution in [3.63, 3.8) is 0 Å². The predicted octanol–water partition coefficient (Wildman–Crippen LogP) is 2.53. The Kier molecular flexibility index (Phi) is 6.61. The first-order chi connectivity index (χ1) is 12.5. The number of ether oxygens (including phenoxy) is 1. The Balaban J connectivity index is 2.06. The van der Waals surface area contributed by atoms with Crippen LogP contribution >= 0.6 is 0 Å². The lowest BCUT2D eigenvalue weighted by Gasteiger charge is -2.05. The summed E-state index contributed by atoms with van der Waals surface area (Å²) in [5.41, 5.74) is 2.37. The molecule has 0 aliphatic heterocycles. The molecule has 0 saturated carbocycles. The summed E-state index contributed by atoms with van der Waals surface area (Å²) in [4.78, 5) is 35.5. The van der Waals surface area contributed by atoms with Gasteiger partial charge < -0.3 is 9.84 Å². The minimum atomic E-state index is -1.38. The second kappa shape index (κ2) is 9.12. The van der Waals surface area contributed by atoms with Gasteiger partial charge in [0.1, 0.15) is 5.75 Å². The summed E-state index contributed by atoms with van der Waals surface area (Å²) in [5, 5.41) is 12.8. The predicted molar refractivity (Wildman–Crippen MR) is 95.5 cm³/mol. The Bertz CT molecular complexity index is 814. The van der Waals surface area contributed by atoms with Gasteiger partial charge in [-0.05, 0) is 43.3 Å². The summed E-state index contributed by atoms with van der Waals surface area (Å²) in [6.07, 6.45) is -0.446. The van der Waals surface area contributed by atoms with Crippen LogP contribution in [0, 0.1) is 0 Å². The van der Waals surface area contributed by atoms with E-state index in [1.807, 2.05) is 6.92 Å². The fraction of sp³-hybridized carbons (Fsp3) is 0.158. The summed E-state index contributed by atoms with van der Waals surface area (Å²) < 4.78 is 5.29. The molecule has 0 aromatic heterocycles. The third-order valence-corrected chi connectivity index (χ3v) is 3.39. The Morgan fingerprint density at radius 3 is 2.23 bits per heavy atom. The first kappa shape index (κ1) is 18.9. The van der Waals surface area contributed by atoms with E-state index < -0.39 is 29.8 Å². The van der Waals surface area contributed by atoms with Crippen LogP contribution in [0.25, 0.3) is 0 Å². The molecule has 0 unspecified atom stereocenters. The van der Waals surface area contributed by atoms with Gasteiger partial charge in [0.25, 0.3) is 5.91 Å². The van der Waals surface area contributed by atoms with Crippen LogP contribution in [0.4, 0.5) is 0 Å². The molecule has 1 amide bonds. The SMILES string of the molecule is CCOc1ccc(C(=O)CC(=NNC(=O)c2ccccc2)C(=O)O)cc1. The van der Waals surface area contributed by atoms with Crippen LogP contribution in [0.5, 0.6) is 5.75 Å². The Morgan fingerprint density at radius 1 is 1.00 bits per heavy atom. The molecule has 134 valence electrons. The molecule has 0 radical (unpaired) electrons. The zero-order chi connectivity index (χ0) is 18.9. The highest BCUT2D eigenvalue weighted by Gasteiger charge is 2.17. The van der Waals surface area contributed by atoms with E-state index in [2.05, 4.69) is 10.5 Å². The lowest BCUT2D eigenvalue weighted by Crippen LogP contribution is -2.25. The third-order valence-electron chi connectivity index (χ3n) is 3.39. The van der Waals surface area contributed by atoms with Gasteiger partial charge in [-0.1, -0.05) is 18.2 Å². The van der Waals surface area contributed by atoms with Gasteiger partial charge in [0.2, 0.25) is 0 Å². The molecule has 2 rings (SSSR count). The minimum absolute atomic E-state index is 0.330. The van der Waals surface area contributed by atoms with Crippen molar-refractivity contribution in [2.24, 2.45) is 5.10 Å². The molecule has 0 saturated heterocycles. The lowest BCUT2D eigenvalue weighted by atomic mass is 10.1. The number of amides is 1. The van der Waals surface area contributed by atoms with E-state index in [1.165, 1.54) is 0 Å². The van der Waals surface area contributed by atoms with Crippen LogP contribution in [0.2, 0.25) is 0 Å². The van der Waals surface area contributed by atoms with Crippen molar-refractivity contribution in [3.05, 3.63) is 65.7 Å². The van der Waals surface area contributed by atoms with E-state index in [9.17, 15) is 19.5 Å². The monoisotopic (exact) mass is 354 g/mol. The van der Waals surface area contributed by atoms with Gasteiger partial charge in [0.15, 0.2) is 11.5 Å². The molecule has 0 atom stereocenters. The Hall–Kier alpha value is -3.48. The molecule has 26 heavy (non-hydrogen) atoms. The maximum Gasteiger partial charge on any atom is 0.352 e. The number of rotatable bonds is 8. The van der Waals surface area contributed by atoms with Crippen LogP contribution in [0.1, 0.15) is 34.1 Å². The molecule has 2 aromatic carbocycles. The summed E-state index contributed by atoms with van der Waals surface area (Å²) in [6, 6.07) is 14.6. The van der Waals surface area contributed by atoms with E-state index in [0.717, 1.165) is 0 Å². The molecule has 0 aliphatic rings. The maximum absolute atomic E-state index is 12.2. The molecule has 0 heterocycles. The summed E-state index contributed by atoms with van der Waals surface area (Å²) >= 11 is 0. The highest BCUT2D eigenvalue weighted by Crippen LogP contribution is 2.13. The number of carbonyl (C=O) groups is 3. The number of ketones is 1. The number of hydrogen-bond donors (Lipinski definition) is 2. The van der Waals surface area contributed by atoms with E-state index in [-0.39, 0.29) is 0 Å². The molecule has 0 aliphatic carbocycles. The molecular formula is C19H18N2O5. The Morgan fingerprint density at radius 2 is 1.65 bits per heavy atom. The average molecular weight is 354 g/mol. The Labute approximate surface area is 150 Å². The first-order valence-electron chi connectivity index (χ1n) is 7.92. The molecule has 0 bridgehead atoms. The summed E-state index contributed by atoms with van der Waals surface area (Å²) in [6.45, 7) is 2.35. The van der Waals surface area contributed by atoms with Crippen LogP contribution in [-0.4, -0.2) is 35.1 Å². The number of hydrogen-bond acceptors (Lipinski definition) is 5. The first-order valence-corrected chi connectivity index (χ1v) is 7.92. The number of nitrogens with one attached hydrogen (secondary N) is 1. The number of Topliss-reactive ketones (excluding diaryl/α,β-unsaturated/α-hetero) is 1. The number of aliphatic carboxylic acids is 1. The number of hydrazone groups is 1. The third kappa shape index (κ3) is 5.27. The molecule has 7 nitrogen and oxygen atoms in total. The normalized spacial score (nSPS) is 10.9. The van der Waals surface area contributed by atoms with Gasteiger partial charge in [-0.2, -0.15) is 5.10 Å². The molecule has 0 spiro atoms. The highest BCUT2D eigenvalue weighted by molar-refractivity contribution is 6.40. The summed E-state index contributed by atoms with van der Waals surface area (Å²) in [7, 11) is 0. The van der Waals surface area contributed by atoms with Gasteiger partial charge in [0, 0.05) is 11.1 Å². The van der Waals surface area contributed by atoms with Crippen LogP contribution < -0.4 is 10.2 Å². The van der Waals surface area contributed by atoms with Crippen LogP contribution in [0.15, 0.2) is 59.7 Å². The highest BCUT2D eigenvalue weighted by atomic mass is 16.5. The zero-order valence-corrected chi connectivity index (χ0v) is 14.1. The average Bonchev–Trinajstić information content (AvgIpc) is 2.66. The fourth-order valence-electron chi connectivity index (χ4n) is 2.09. The van der Waals surface area contributed by atoms with Crippen molar-refractivity contribution in [2.45, 2.75) is 13.3 Å². The van der Waals surface area contributed by atoms with Crippen molar-refractivity contribution in [1.82, 2.24) is 5.43 Å². The van der Waals surface area contributed by atoms with Crippen molar-refractivity contribution in [3.8, 4) is 5.75 Å². The van der Waals surface area contributed by atoms with Gasteiger partial charge in [-0.15, -0.1) is 0 Å². The second-order valence-electron chi connectivity index (χ2n) is 5.23. The fourth-order valence-corrected chi connectivity index (χ4v) is 2.09. The van der Waals surface area contributed by atoms with E-state index in [0.29, 0.717) is 23.5 Å². The maximum atomic E-state index is 12.2. The molecule has 2 aromatic rings. The number of benzene rings is 2. The van der Waals surface area contributed by atoms with Crippen molar-refractivity contribution in [2.75, 3.05) is 6.61 Å². The van der Waals surface area contributed by atoms with Gasteiger partial charge in [-0.3, -0.25) is 9.59 Å². The number of carbonyl (C=O) groups excluding carboxylic acids is 2. The largest absolute Gasteiger partial charge is 0.494 e. The molecular weight excluding hydrogens is 336 g/mol. The topological polar surface area (TPSA) is 105 Å². The van der Waals surface area contributed by atoms with Crippen LogP contribution in [0.3, 0.4) is 0 Å². The van der Waals surface area contributed by atoms with E-state index in [1.54, 1.807) is 54.6 Å².